The molecule has 0 fully saturated rings. The summed E-state index contributed by atoms with van der Waals surface area (Å²) in [7, 11) is 0. The number of rotatable bonds is 6. The number of benzene rings is 1. The normalized spacial score (nSPS) is 10.5. The van der Waals surface area contributed by atoms with E-state index in [0.717, 1.165) is 0 Å². The number of carbonyl (C=O) groups excluding carboxylic acids is 2. The van der Waals surface area contributed by atoms with Gasteiger partial charge in [0.05, 0.1) is 13.2 Å². The average Bonchev–Trinajstić information content (AvgIpc) is 2.49. The first-order chi connectivity index (χ1) is 10.4. The van der Waals surface area contributed by atoms with Crippen LogP contribution >= 0.6 is 0 Å². The summed E-state index contributed by atoms with van der Waals surface area (Å²) < 4.78 is 64.0. The summed E-state index contributed by atoms with van der Waals surface area (Å²) in [5.74, 6) is -11.1. The Morgan fingerprint density at radius 1 is 0.727 bits per heavy atom. The van der Waals surface area contributed by atoms with E-state index in [9.17, 15) is 27.2 Å². The van der Waals surface area contributed by atoms with Crippen molar-refractivity contribution in [2.24, 2.45) is 0 Å². The van der Waals surface area contributed by atoms with Gasteiger partial charge < -0.3 is 9.47 Å². The van der Waals surface area contributed by atoms with Crippen LogP contribution in [0.4, 0.5) is 17.6 Å². The maximum atomic E-state index is 13.8. The summed E-state index contributed by atoms with van der Waals surface area (Å²) in [5, 5.41) is 0. The molecular formula is C14H14F4O4. The molecule has 22 heavy (non-hydrogen) atoms. The van der Waals surface area contributed by atoms with Gasteiger partial charge >= 0.3 is 11.9 Å². The quantitative estimate of drug-likeness (QED) is 0.458. The first-order valence-corrected chi connectivity index (χ1v) is 6.56. The highest BCUT2D eigenvalue weighted by Crippen LogP contribution is 2.25. The molecule has 0 spiro atoms. The maximum Gasteiger partial charge on any atom is 0.344 e. The molecule has 0 saturated carbocycles. The van der Waals surface area contributed by atoms with Crippen molar-refractivity contribution in [3.8, 4) is 0 Å². The van der Waals surface area contributed by atoms with Crippen LogP contribution < -0.4 is 0 Å². The Morgan fingerprint density at radius 2 is 1.00 bits per heavy atom. The van der Waals surface area contributed by atoms with E-state index in [0.29, 0.717) is 12.8 Å². The van der Waals surface area contributed by atoms with Crippen molar-refractivity contribution in [3.05, 3.63) is 34.4 Å². The molecule has 8 heteroatoms. The zero-order chi connectivity index (χ0) is 16.9. The van der Waals surface area contributed by atoms with Gasteiger partial charge in [-0.2, -0.15) is 0 Å². The highest BCUT2D eigenvalue weighted by molar-refractivity contribution is 5.94. The van der Waals surface area contributed by atoms with Gasteiger partial charge in [0.2, 0.25) is 0 Å². The van der Waals surface area contributed by atoms with Crippen LogP contribution in [0.3, 0.4) is 0 Å². The zero-order valence-corrected chi connectivity index (χ0v) is 12.0. The Morgan fingerprint density at radius 3 is 1.23 bits per heavy atom. The van der Waals surface area contributed by atoms with Crippen LogP contribution in [-0.4, -0.2) is 25.2 Å². The van der Waals surface area contributed by atoms with Gasteiger partial charge in [-0.15, -0.1) is 0 Å². The molecule has 0 radical (unpaired) electrons. The zero-order valence-electron chi connectivity index (χ0n) is 12.0. The van der Waals surface area contributed by atoms with E-state index in [4.69, 9.17) is 0 Å². The molecule has 0 amide bonds. The first kappa shape index (κ1) is 17.9. The second kappa shape index (κ2) is 7.77. The summed E-state index contributed by atoms with van der Waals surface area (Å²) >= 11 is 0. The second-order valence-electron chi connectivity index (χ2n) is 4.28. The van der Waals surface area contributed by atoms with Gasteiger partial charge in [-0.3, -0.25) is 0 Å². The molecule has 0 bridgehead atoms. The highest BCUT2D eigenvalue weighted by atomic mass is 19.2. The van der Waals surface area contributed by atoms with Gasteiger partial charge in [-0.05, 0) is 12.8 Å². The molecule has 0 saturated heterocycles. The van der Waals surface area contributed by atoms with Crippen molar-refractivity contribution >= 4 is 11.9 Å². The molecule has 1 aromatic rings. The van der Waals surface area contributed by atoms with Crippen molar-refractivity contribution in [1.29, 1.82) is 0 Å². The summed E-state index contributed by atoms with van der Waals surface area (Å²) in [5.41, 5.74) is -3.04. The molecule has 122 valence electrons. The molecule has 0 aromatic heterocycles. The van der Waals surface area contributed by atoms with Crippen LogP contribution in [0.1, 0.15) is 47.4 Å². The lowest BCUT2D eigenvalue weighted by atomic mass is 10.1. The lowest BCUT2D eigenvalue weighted by Gasteiger charge is -2.11. The third-order valence-corrected chi connectivity index (χ3v) is 2.55. The Bertz CT molecular complexity index is 507. The maximum absolute atomic E-state index is 13.8. The largest absolute Gasteiger partial charge is 0.462 e. The fourth-order valence-corrected chi connectivity index (χ4v) is 1.52. The fourth-order valence-electron chi connectivity index (χ4n) is 1.52. The number of esters is 2. The van der Waals surface area contributed by atoms with E-state index >= 15 is 0 Å². The predicted molar refractivity (Wildman–Crippen MR) is 67.4 cm³/mol. The number of hydrogen-bond acceptors (Lipinski definition) is 4. The Balaban J connectivity index is 3.32. The van der Waals surface area contributed by atoms with Crippen LogP contribution in [0.15, 0.2) is 0 Å². The molecule has 0 aliphatic carbocycles. The van der Waals surface area contributed by atoms with Crippen LogP contribution in [0.2, 0.25) is 0 Å². The highest BCUT2D eigenvalue weighted by Gasteiger charge is 2.33. The minimum atomic E-state index is -2.00. The minimum absolute atomic E-state index is 0.179. The minimum Gasteiger partial charge on any atom is -0.462 e. The third-order valence-electron chi connectivity index (χ3n) is 2.55. The fraction of sp³-hybridized carbons (Fsp3) is 0.429. The van der Waals surface area contributed by atoms with E-state index in [2.05, 4.69) is 9.47 Å². The van der Waals surface area contributed by atoms with Gasteiger partial charge in [0.15, 0.2) is 23.3 Å². The van der Waals surface area contributed by atoms with Gasteiger partial charge in [-0.1, -0.05) is 13.8 Å². The van der Waals surface area contributed by atoms with Crippen molar-refractivity contribution in [3.63, 3.8) is 0 Å². The van der Waals surface area contributed by atoms with E-state index in [1.165, 1.54) is 0 Å². The summed E-state index contributed by atoms with van der Waals surface area (Å²) in [4.78, 5) is 22.9. The molecule has 0 aliphatic heterocycles. The smallest absolute Gasteiger partial charge is 0.344 e. The Hall–Kier alpha value is -2.12. The number of hydrogen-bond donors (Lipinski definition) is 0. The Kier molecular flexibility index (Phi) is 6.33. The van der Waals surface area contributed by atoms with Crippen molar-refractivity contribution < 1.29 is 36.6 Å². The van der Waals surface area contributed by atoms with E-state index in [-0.39, 0.29) is 13.2 Å². The predicted octanol–water partition coefficient (Wildman–Crippen LogP) is 3.38. The van der Waals surface area contributed by atoms with Gasteiger partial charge in [0, 0.05) is 0 Å². The van der Waals surface area contributed by atoms with Crippen LogP contribution in [-0.2, 0) is 9.47 Å². The molecule has 0 atom stereocenters. The van der Waals surface area contributed by atoms with Crippen molar-refractivity contribution in [2.75, 3.05) is 13.2 Å². The molecule has 0 aliphatic rings. The summed E-state index contributed by atoms with van der Waals surface area (Å²) in [6.07, 6.45) is 0.697. The SMILES string of the molecule is CCCOC(=O)c1c(F)c(F)c(C(=O)OCCC)c(F)c1F. The molecule has 0 unspecified atom stereocenters. The number of halogens is 4. The van der Waals surface area contributed by atoms with E-state index in [1.54, 1.807) is 13.8 Å². The van der Waals surface area contributed by atoms with Gasteiger partial charge in [-0.25, -0.2) is 27.2 Å². The summed E-state index contributed by atoms with van der Waals surface area (Å²) in [6, 6.07) is 0. The summed E-state index contributed by atoms with van der Waals surface area (Å²) in [6.45, 7) is 2.88. The lowest BCUT2D eigenvalue weighted by Crippen LogP contribution is -2.19. The first-order valence-electron chi connectivity index (χ1n) is 6.56. The number of carbonyl (C=O) groups is 2. The Labute approximate surface area is 124 Å². The monoisotopic (exact) mass is 322 g/mol. The molecule has 0 N–H and O–H groups in total. The molecule has 4 nitrogen and oxygen atoms in total. The topological polar surface area (TPSA) is 52.6 Å². The molecule has 0 heterocycles. The third kappa shape index (κ3) is 3.55. The van der Waals surface area contributed by atoms with E-state index in [1.807, 2.05) is 0 Å². The van der Waals surface area contributed by atoms with Crippen molar-refractivity contribution in [1.82, 2.24) is 0 Å². The van der Waals surface area contributed by atoms with Crippen LogP contribution in [0.5, 0.6) is 0 Å². The van der Waals surface area contributed by atoms with Crippen LogP contribution in [0.25, 0.3) is 0 Å². The molecule has 1 aromatic carbocycles. The number of ether oxygens (including phenoxy) is 2. The van der Waals surface area contributed by atoms with Crippen molar-refractivity contribution in [2.45, 2.75) is 26.7 Å². The average molecular weight is 322 g/mol. The van der Waals surface area contributed by atoms with Gasteiger partial charge in [0.1, 0.15) is 11.1 Å². The van der Waals surface area contributed by atoms with Crippen LogP contribution in [0, 0.1) is 23.3 Å². The lowest BCUT2D eigenvalue weighted by molar-refractivity contribution is 0.0467. The van der Waals surface area contributed by atoms with E-state index < -0.39 is 46.3 Å². The molecular weight excluding hydrogens is 308 g/mol. The standard InChI is InChI=1S/C14H14F4O4/c1-3-5-21-13(19)7-9(15)11(17)8(12(18)10(7)16)14(20)22-6-4-2/h3-6H2,1-2H3. The second-order valence-corrected chi connectivity index (χ2v) is 4.28. The van der Waals surface area contributed by atoms with Gasteiger partial charge in [0.25, 0.3) is 0 Å². The molecule has 1 rings (SSSR count).